The summed E-state index contributed by atoms with van der Waals surface area (Å²) in [5.74, 6) is 0.661. The Hall–Kier alpha value is 0.400. The summed E-state index contributed by atoms with van der Waals surface area (Å²) in [7, 11) is 1.74. The highest BCUT2D eigenvalue weighted by Crippen LogP contribution is 2.05. The maximum atomic E-state index is 5.14. The lowest BCUT2D eigenvalue weighted by molar-refractivity contribution is 0.113. The first kappa shape index (κ1) is 12.4. The molecule has 1 N–H and O–H groups in total. The Morgan fingerprint density at radius 1 is 1.33 bits per heavy atom. The van der Waals surface area contributed by atoms with Gasteiger partial charge < -0.3 is 10.1 Å². The van der Waals surface area contributed by atoms with Gasteiger partial charge in [-0.1, -0.05) is 22.9 Å². The van der Waals surface area contributed by atoms with E-state index >= 15 is 0 Å². The van der Waals surface area contributed by atoms with Crippen LogP contribution < -0.4 is 5.32 Å². The number of ether oxygens (including phenoxy) is 1. The van der Waals surface area contributed by atoms with E-state index in [1.54, 1.807) is 7.11 Å². The molecular weight excluding hydrogens is 218 g/mol. The molecule has 0 saturated heterocycles. The van der Waals surface area contributed by atoms with Gasteiger partial charge in [-0.05, 0) is 19.8 Å². The molecule has 0 aliphatic rings. The predicted octanol–water partition coefficient (Wildman–Crippen LogP) is 2.03. The van der Waals surface area contributed by atoms with E-state index in [4.69, 9.17) is 4.74 Å². The van der Waals surface area contributed by atoms with E-state index in [0.717, 1.165) is 11.9 Å². The molecule has 0 spiro atoms. The molecule has 0 aliphatic carbocycles. The number of alkyl halides is 1. The smallest absolute Gasteiger partial charge is 0.0667 e. The molecule has 0 radical (unpaired) electrons. The van der Waals surface area contributed by atoms with Crippen molar-refractivity contribution in [3.05, 3.63) is 0 Å². The van der Waals surface area contributed by atoms with Gasteiger partial charge in [-0.25, -0.2) is 0 Å². The second-order valence-corrected chi connectivity index (χ2v) is 4.02. The summed E-state index contributed by atoms with van der Waals surface area (Å²) < 4.78 is 5.14. The Labute approximate surface area is 84.2 Å². The number of methoxy groups -OCH3 is 1. The first-order valence-electron chi connectivity index (χ1n) is 4.44. The summed E-state index contributed by atoms with van der Waals surface area (Å²) in [6, 6.07) is 0.543. The third-order valence-electron chi connectivity index (χ3n) is 2.23. The summed E-state index contributed by atoms with van der Waals surface area (Å²) in [6.07, 6.45) is 0.301. The second kappa shape index (κ2) is 6.87. The van der Waals surface area contributed by atoms with Crippen LogP contribution in [0.5, 0.6) is 0 Å². The lowest BCUT2D eigenvalue weighted by atomic mass is 10.1. The molecule has 0 rings (SSSR count). The van der Waals surface area contributed by atoms with Gasteiger partial charge in [0.1, 0.15) is 0 Å². The van der Waals surface area contributed by atoms with E-state index < -0.39 is 0 Å². The predicted molar refractivity (Wildman–Crippen MR) is 56.9 cm³/mol. The minimum absolute atomic E-state index is 0.301. The summed E-state index contributed by atoms with van der Waals surface area (Å²) in [6.45, 7) is 7.42. The highest BCUT2D eigenvalue weighted by molar-refractivity contribution is 9.09. The maximum absolute atomic E-state index is 5.14. The van der Waals surface area contributed by atoms with Crippen LogP contribution in [-0.2, 0) is 4.74 Å². The zero-order valence-electron chi connectivity index (χ0n) is 8.43. The van der Waals surface area contributed by atoms with E-state index in [-0.39, 0.29) is 0 Å². The topological polar surface area (TPSA) is 21.3 Å². The Balaban J connectivity index is 3.49. The molecule has 3 atom stereocenters. The first-order valence-corrected chi connectivity index (χ1v) is 5.56. The van der Waals surface area contributed by atoms with Gasteiger partial charge in [0.05, 0.1) is 6.10 Å². The van der Waals surface area contributed by atoms with E-state index in [1.165, 1.54) is 0 Å². The monoisotopic (exact) mass is 237 g/mol. The van der Waals surface area contributed by atoms with Crippen LogP contribution in [-0.4, -0.2) is 31.1 Å². The zero-order chi connectivity index (χ0) is 9.56. The molecule has 3 heteroatoms. The fourth-order valence-electron chi connectivity index (χ4n) is 0.770. The fourth-order valence-corrected chi connectivity index (χ4v) is 1.33. The summed E-state index contributed by atoms with van der Waals surface area (Å²) >= 11 is 3.47. The average Bonchev–Trinajstić information content (AvgIpc) is 2.11. The van der Waals surface area contributed by atoms with E-state index in [2.05, 4.69) is 42.0 Å². The van der Waals surface area contributed by atoms with Crippen molar-refractivity contribution in [1.82, 2.24) is 5.32 Å². The largest absolute Gasteiger partial charge is 0.380 e. The van der Waals surface area contributed by atoms with Crippen molar-refractivity contribution < 1.29 is 4.74 Å². The number of halogens is 1. The van der Waals surface area contributed by atoms with Crippen molar-refractivity contribution in [2.75, 3.05) is 19.0 Å². The third-order valence-corrected chi connectivity index (χ3v) is 3.25. The molecule has 2 nitrogen and oxygen atoms in total. The molecule has 0 fully saturated rings. The van der Waals surface area contributed by atoms with E-state index in [1.807, 2.05) is 0 Å². The minimum Gasteiger partial charge on any atom is -0.380 e. The summed E-state index contributed by atoms with van der Waals surface area (Å²) in [5, 5.41) is 4.47. The van der Waals surface area contributed by atoms with Crippen molar-refractivity contribution in [2.45, 2.75) is 32.9 Å². The second-order valence-electron chi connectivity index (χ2n) is 3.37. The Kier molecular flexibility index (Phi) is 7.10. The van der Waals surface area contributed by atoms with Gasteiger partial charge in [-0.15, -0.1) is 0 Å². The fraction of sp³-hybridized carbons (Fsp3) is 1.00. The quantitative estimate of drug-likeness (QED) is 0.715. The summed E-state index contributed by atoms with van der Waals surface area (Å²) in [5.41, 5.74) is 0. The molecule has 3 unspecified atom stereocenters. The van der Waals surface area contributed by atoms with Gasteiger partial charge >= 0.3 is 0 Å². The molecule has 0 aromatic carbocycles. The Bertz CT molecular complexity index is 111. The number of nitrogens with one attached hydrogen (secondary N) is 1. The van der Waals surface area contributed by atoms with Gasteiger partial charge in [0.15, 0.2) is 0 Å². The molecule has 74 valence electrons. The lowest BCUT2D eigenvalue weighted by Gasteiger charge is -2.21. The van der Waals surface area contributed by atoms with E-state index in [9.17, 15) is 0 Å². The molecule has 0 aromatic rings. The Morgan fingerprint density at radius 2 is 1.92 bits per heavy atom. The molecule has 0 amide bonds. The number of hydrogen-bond acceptors (Lipinski definition) is 2. The van der Waals surface area contributed by atoms with Crippen LogP contribution in [0.3, 0.4) is 0 Å². The standard InChI is InChI=1S/C9H20BrNO/c1-7(5-10)9(3)11-6-8(2)12-4/h7-9,11H,5-6H2,1-4H3. The highest BCUT2D eigenvalue weighted by Gasteiger charge is 2.10. The maximum Gasteiger partial charge on any atom is 0.0667 e. The van der Waals surface area contributed by atoms with Crippen LogP contribution in [0.2, 0.25) is 0 Å². The van der Waals surface area contributed by atoms with Crippen molar-refractivity contribution in [2.24, 2.45) is 5.92 Å². The highest BCUT2D eigenvalue weighted by atomic mass is 79.9. The van der Waals surface area contributed by atoms with Gasteiger partial charge in [0, 0.05) is 25.0 Å². The molecule has 0 bridgehead atoms. The molecule has 0 aliphatic heterocycles. The van der Waals surface area contributed by atoms with Gasteiger partial charge in [-0.2, -0.15) is 0 Å². The molecule has 12 heavy (non-hydrogen) atoms. The van der Waals surface area contributed by atoms with Crippen molar-refractivity contribution >= 4 is 15.9 Å². The van der Waals surface area contributed by atoms with Gasteiger partial charge in [-0.3, -0.25) is 0 Å². The third kappa shape index (κ3) is 5.12. The van der Waals surface area contributed by atoms with Crippen LogP contribution in [0.25, 0.3) is 0 Å². The lowest BCUT2D eigenvalue weighted by Crippen LogP contribution is -2.37. The van der Waals surface area contributed by atoms with Crippen molar-refractivity contribution in [3.63, 3.8) is 0 Å². The van der Waals surface area contributed by atoms with E-state index in [0.29, 0.717) is 18.1 Å². The minimum atomic E-state index is 0.301. The van der Waals surface area contributed by atoms with Gasteiger partial charge in [0.25, 0.3) is 0 Å². The van der Waals surface area contributed by atoms with Gasteiger partial charge in [0.2, 0.25) is 0 Å². The Morgan fingerprint density at radius 3 is 2.33 bits per heavy atom. The normalized spacial score (nSPS) is 18.8. The average molecular weight is 238 g/mol. The first-order chi connectivity index (χ1) is 5.61. The summed E-state index contributed by atoms with van der Waals surface area (Å²) in [4.78, 5) is 0. The van der Waals surface area contributed by atoms with Crippen LogP contribution in [0.15, 0.2) is 0 Å². The molecule has 0 heterocycles. The van der Waals surface area contributed by atoms with Crippen LogP contribution in [0.1, 0.15) is 20.8 Å². The molecule has 0 aromatic heterocycles. The van der Waals surface area contributed by atoms with Crippen molar-refractivity contribution in [3.8, 4) is 0 Å². The SMILES string of the molecule is COC(C)CNC(C)C(C)CBr. The zero-order valence-corrected chi connectivity index (χ0v) is 10.0. The number of rotatable bonds is 6. The molecule has 0 saturated carbocycles. The van der Waals surface area contributed by atoms with Crippen LogP contribution >= 0.6 is 15.9 Å². The molecular formula is C9H20BrNO. The van der Waals surface area contributed by atoms with Crippen LogP contribution in [0.4, 0.5) is 0 Å². The van der Waals surface area contributed by atoms with Crippen LogP contribution in [0, 0.1) is 5.92 Å². The van der Waals surface area contributed by atoms with Crippen molar-refractivity contribution in [1.29, 1.82) is 0 Å². The number of hydrogen-bond donors (Lipinski definition) is 1.